The summed E-state index contributed by atoms with van der Waals surface area (Å²) in [6, 6.07) is 2.77. The topological polar surface area (TPSA) is 71.8 Å². The van der Waals surface area contributed by atoms with Crippen molar-refractivity contribution in [2.24, 2.45) is 7.05 Å². The molecule has 0 bridgehead atoms. The highest BCUT2D eigenvalue weighted by Crippen LogP contribution is 2.15. The summed E-state index contributed by atoms with van der Waals surface area (Å²) in [5.41, 5.74) is 0.138. The Kier molecular flexibility index (Phi) is 3.22. The fraction of sp³-hybridized carbons (Fsp3) is 0.182. The summed E-state index contributed by atoms with van der Waals surface area (Å²) in [4.78, 5) is 15.8. The maximum Gasteiger partial charge on any atom is 0.260 e. The van der Waals surface area contributed by atoms with Gasteiger partial charge in [-0.25, -0.2) is 9.37 Å². The van der Waals surface area contributed by atoms with Crippen molar-refractivity contribution in [3.8, 4) is 0 Å². The van der Waals surface area contributed by atoms with E-state index in [2.05, 4.69) is 20.7 Å². The minimum atomic E-state index is -0.566. The summed E-state index contributed by atoms with van der Waals surface area (Å²) in [5.74, 6) is -0.179. The van der Waals surface area contributed by atoms with Crippen LogP contribution < -0.4 is 10.6 Å². The third-order valence-electron chi connectivity index (χ3n) is 2.40. The van der Waals surface area contributed by atoms with Gasteiger partial charge in [0.1, 0.15) is 17.5 Å². The fourth-order valence-corrected chi connectivity index (χ4v) is 1.49. The first kappa shape index (κ1) is 12.0. The van der Waals surface area contributed by atoms with E-state index in [0.717, 1.165) is 12.3 Å². The lowest BCUT2D eigenvalue weighted by Crippen LogP contribution is -2.17. The Bertz CT molecular complexity index is 581. The predicted molar refractivity (Wildman–Crippen MR) is 64.9 cm³/mol. The van der Waals surface area contributed by atoms with Crippen molar-refractivity contribution >= 4 is 17.5 Å². The number of aryl methyl sites for hydroxylation is 1. The van der Waals surface area contributed by atoms with Gasteiger partial charge in [0, 0.05) is 20.2 Å². The van der Waals surface area contributed by atoms with E-state index in [0.29, 0.717) is 11.6 Å². The molecule has 7 heteroatoms. The van der Waals surface area contributed by atoms with Gasteiger partial charge in [-0.1, -0.05) is 0 Å². The molecule has 2 heterocycles. The molecule has 0 aliphatic heterocycles. The third kappa shape index (κ3) is 2.29. The summed E-state index contributed by atoms with van der Waals surface area (Å²) < 4.78 is 14.6. The highest BCUT2D eigenvalue weighted by Gasteiger charge is 2.14. The van der Waals surface area contributed by atoms with Crippen molar-refractivity contribution in [1.82, 2.24) is 14.8 Å². The number of aromatic nitrogens is 3. The molecule has 0 spiro atoms. The second-order valence-corrected chi connectivity index (χ2v) is 3.59. The number of carbonyl (C=O) groups excluding carboxylic acids is 1. The van der Waals surface area contributed by atoms with Crippen LogP contribution in [0.3, 0.4) is 0 Å². The van der Waals surface area contributed by atoms with Gasteiger partial charge in [0.15, 0.2) is 0 Å². The van der Waals surface area contributed by atoms with Crippen LogP contribution in [0.1, 0.15) is 10.4 Å². The molecular formula is C11H12FN5O. The summed E-state index contributed by atoms with van der Waals surface area (Å²) >= 11 is 0. The maximum absolute atomic E-state index is 13.1. The molecule has 0 unspecified atom stereocenters. The van der Waals surface area contributed by atoms with Crippen molar-refractivity contribution < 1.29 is 9.18 Å². The van der Waals surface area contributed by atoms with Crippen LogP contribution in [0.5, 0.6) is 0 Å². The van der Waals surface area contributed by atoms with Crippen LogP contribution in [0, 0.1) is 5.82 Å². The van der Waals surface area contributed by atoms with E-state index in [9.17, 15) is 9.18 Å². The van der Waals surface area contributed by atoms with Crippen molar-refractivity contribution in [2.75, 3.05) is 17.7 Å². The van der Waals surface area contributed by atoms with Crippen molar-refractivity contribution in [2.45, 2.75) is 0 Å². The van der Waals surface area contributed by atoms with Gasteiger partial charge in [0.2, 0.25) is 0 Å². The Morgan fingerprint density at radius 2 is 2.28 bits per heavy atom. The fourth-order valence-electron chi connectivity index (χ4n) is 1.49. The number of anilines is 2. The van der Waals surface area contributed by atoms with Gasteiger partial charge in [0.05, 0.1) is 18.0 Å². The van der Waals surface area contributed by atoms with Crippen LogP contribution in [0.2, 0.25) is 0 Å². The normalized spacial score (nSPS) is 10.2. The standard InChI is InChI=1S/C11H12FN5O/c1-13-10-8(5-7(12)6-14-10)11(18)16-9-3-4-15-17(9)2/h3-6H,1-2H3,(H,13,14)(H,16,18). The molecule has 2 rings (SSSR count). The molecule has 6 nitrogen and oxygen atoms in total. The lowest BCUT2D eigenvalue weighted by molar-refractivity contribution is 0.102. The van der Waals surface area contributed by atoms with Gasteiger partial charge in [0.25, 0.3) is 5.91 Å². The highest BCUT2D eigenvalue weighted by molar-refractivity contribution is 6.07. The van der Waals surface area contributed by atoms with Gasteiger partial charge in [-0.3, -0.25) is 9.48 Å². The summed E-state index contributed by atoms with van der Waals surface area (Å²) in [6.07, 6.45) is 2.60. The molecule has 0 aliphatic carbocycles. The number of hydrogen-bond acceptors (Lipinski definition) is 4. The van der Waals surface area contributed by atoms with E-state index >= 15 is 0 Å². The zero-order chi connectivity index (χ0) is 13.1. The van der Waals surface area contributed by atoms with Gasteiger partial charge < -0.3 is 10.6 Å². The van der Waals surface area contributed by atoms with Crippen LogP contribution in [-0.2, 0) is 7.05 Å². The molecule has 94 valence electrons. The zero-order valence-electron chi connectivity index (χ0n) is 9.94. The van der Waals surface area contributed by atoms with Crippen LogP contribution >= 0.6 is 0 Å². The molecular weight excluding hydrogens is 237 g/mol. The summed E-state index contributed by atoms with van der Waals surface area (Å²) in [6.45, 7) is 0. The van der Waals surface area contributed by atoms with Crippen LogP contribution in [0.25, 0.3) is 0 Å². The average Bonchev–Trinajstić information content (AvgIpc) is 2.75. The van der Waals surface area contributed by atoms with Crippen LogP contribution in [-0.4, -0.2) is 27.7 Å². The number of carbonyl (C=O) groups is 1. The summed E-state index contributed by atoms with van der Waals surface area (Å²) in [7, 11) is 3.31. The SMILES string of the molecule is CNc1ncc(F)cc1C(=O)Nc1ccnn1C. The number of pyridine rings is 1. The predicted octanol–water partition coefficient (Wildman–Crippen LogP) is 1.25. The number of nitrogens with one attached hydrogen (secondary N) is 2. The van der Waals surface area contributed by atoms with E-state index in [-0.39, 0.29) is 5.56 Å². The lowest BCUT2D eigenvalue weighted by atomic mass is 10.2. The first-order valence-corrected chi connectivity index (χ1v) is 5.24. The number of hydrogen-bond donors (Lipinski definition) is 2. The van der Waals surface area contributed by atoms with Gasteiger partial charge in [-0.2, -0.15) is 5.10 Å². The Labute approximate surface area is 103 Å². The van der Waals surface area contributed by atoms with Crippen molar-refractivity contribution in [3.05, 3.63) is 35.9 Å². The van der Waals surface area contributed by atoms with Crippen LogP contribution in [0.4, 0.5) is 16.0 Å². The molecule has 1 amide bonds. The first-order chi connectivity index (χ1) is 8.61. The van der Waals surface area contributed by atoms with E-state index < -0.39 is 11.7 Å². The largest absolute Gasteiger partial charge is 0.372 e. The maximum atomic E-state index is 13.1. The van der Waals surface area contributed by atoms with E-state index in [4.69, 9.17) is 0 Å². The quantitative estimate of drug-likeness (QED) is 0.858. The lowest BCUT2D eigenvalue weighted by Gasteiger charge is -2.09. The van der Waals surface area contributed by atoms with Gasteiger partial charge >= 0.3 is 0 Å². The van der Waals surface area contributed by atoms with Crippen molar-refractivity contribution in [3.63, 3.8) is 0 Å². The Hall–Kier alpha value is -2.44. The molecule has 18 heavy (non-hydrogen) atoms. The number of nitrogens with zero attached hydrogens (tertiary/aromatic N) is 3. The van der Waals surface area contributed by atoms with Crippen molar-refractivity contribution in [1.29, 1.82) is 0 Å². The number of amides is 1. The Balaban J connectivity index is 2.29. The van der Waals surface area contributed by atoms with E-state index in [1.807, 2.05) is 0 Å². The molecule has 0 atom stereocenters. The second-order valence-electron chi connectivity index (χ2n) is 3.59. The second kappa shape index (κ2) is 4.82. The minimum absolute atomic E-state index is 0.138. The minimum Gasteiger partial charge on any atom is -0.372 e. The zero-order valence-corrected chi connectivity index (χ0v) is 9.94. The smallest absolute Gasteiger partial charge is 0.260 e. The third-order valence-corrected chi connectivity index (χ3v) is 2.40. The summed E-state index contributed by atoms with van der Waals surface area (Å²) in [5, 5.41) is 9.28. The molecule has 0 saturated carbocycles. The molecule has 2 aromatic rings. The molecule has 2 N–H and O–H groups in total. The molecule has 0 aromatic carbocycles. The highest BCUT2D eigenvalue weighted by atomic mass is 19.1. The molecule has 0 aliphatic rings. The molecule has 0 radical (unpaired) electrons. The average molecular weight is 249 g/mol. The first-order valence-electron chi connectivity index (χ1n) is 5.24. The Morgan fingerprint density at radius 1 is 1.50 bits per heavy atom. The Morgan fingerprint density at radius 3 is 2.89 bits per heavy atom. The number of halogens is 1. The van der Waals surface area contributed by atoms with Crippen LogP contribution in [0.15, 0.2) is 24.5 Å². The van der Waals surface area contributed by atoms with E-state index in [1.165, 1.54) is 4.68 Å². The van der Waals surface area contributed by atoms with E-state index in [1.54, 1.807) is 26.4 Å². The van der Waals surface area contributed by atoms with Gasteiger partial charge in [-0.15, -0.1) is 0 Å². The van der Waals surface area contributed by atoms with Gasteiger partial charge in [-0.05, 0) is 6.07 Å². The molecule has 0 fully saturated rings. The molecule has 0 saturated heterocycles. The monoisotopic (exact) mass is 249 g/mol. The number of rotatable bonds is 3. The molecule has 2 aromatic heterocycles.